The fraction of sp³-hybridized carbons (Fsp3) is 0.556. The van der Waals surface area contributed by atoms with Crippen LogP contribution in [0.1, 0.15) is 42.5 Å². The van der Waals surface area contributed by atoms with Gasteiger partial charge in [0.1, 0.15) is 11.5 Å². The van der Waals surface area contributed by atoms with Gasteiger partial charge in [0.2, 0.25) is 5.54 Å². The molecule has 1 aliphatic carbocycles. The molecule has 186 valence electrons. The summed E-state index contributed by atoms with van der Waals surface area (Å²) in [5, 5.41) is 0.674. The number of hydrogen-bond donors (Lipinski definition) is 2. The van der Waals surface area contributed by atoms with Crippen LogP contribution in [0.25, 0.3) is 0 Å². The van der Waals surface area contributed by atoms with Crippen molar-refractivity contribution in [2.24, 2.45) is 5.92 Å². The summed E-state index contributed by atoms with van der Waals surface area (Å²) in [7, 11) is -5.87. The Morgan fingerprint density at radius 2 is 1.61 bits per heavy atom. The molecule has 2 rings (SSSR count). The minimum atomic E-state index is -6.36. The number of hydrogen-bond acceptors (Lipinski definition) is 5. The Morgan fingerprint density at radius 1 is 1.06 bits per heavy atom. The Morgan fingerprint density at radius 3 is 2.09 bits per heavy atom. The van der Waals surface area contributed by atoms with Crippen LogP contribution in [0.4, 0.5) is 26.3 Å². The smallest absolute Gasteiger partial charge is 0.421 e. The maximum Gasteiger partial charge on any atom is 0.421 e. The molecule has 1 fully saturated rings. The SMILES string of the molecule is O=C(NC(CS(=O)(=O)O)(C(F)(F)F)C(F)(F)F)c1ccc(I)cc1OC(=O)C1CCCCC1. The number of ether oxygens (including phenoxy) is 1. The first-order chi connectivity index (χ1) is 15.0. The van der Waals surface area contributed by atoms with Gasteiger partial charge in [0, 0.05) is 3.57 Å². The van der Waals surface area contributed by atoms with Gasteiger partial charge in [0.25, 0.3) is 16.0 Å². The third-order valence-corrected chi connectivity index (χ3v) is 6.50. The van der Waals surface area contributed by atoms with Crippen molar-refractivity contribution in [3.63, 3.8) is 0 Å². The largest absolute Gasteiger partial charge is 0.425 e. The third kappa shape index (κ3) is 6.71. The minimum Gasteiger partial charge on any atom is -0.425 e. The second-order valence-corrected chi connectivity index (χ2v) is 10.2. The second-order valence-electron chi connectivity index (χ2n) is 7.48. The summed E-state index contributed by atoms with van der Waals surface area (Å²) < 4.78 is 117. The van der Waals surface area contributed by atoms with Crippen LogP contribution in [0.15, 0.2) is 18.2 Å². The number of alkyl halides is 6. The van der Waals surface area contributed by atoms with Crippen LogP contribution in [0.5, 0.6) is 5.75 Å². The highest BCUT2D eigenvalue weighted by molar-refractivity contribution is 14.1. The van der Waals surface area contributed by atoms with Gasteiger partial charge >= 0.3 is 18.3 Å². The molecule has 1 amide bonds. The summed E-state index contributed by atoms with van der Waals surface area (Å²) in [5.74, 6) is -6.82. The molecule has 0 unspecified atom stereocenters. The van der Waals surface area contributed by atoms with Crippen LogP contribution in [-0.2, 0) is 14.9 Å². The van der Waals surface area contributed by atoms with E-state index in [0.29, 0.717) is 21.7 Å². The summed E-state index contributed by atoms with van der Waals surface area (Å²) in [6.07, 6.45) is -9.42. The van der Waals surface area contributed by atoms with E-state index in [1.807, 2.05) is 0 Å². The highest BCUT2D eigenvalue weighted by atomic mass is 127. The lowest BCUT2D eigenvalue weighted by Gasteiger charge is -2.36. The zero-order valence-corrected chi connectivity index (χ0v) is 19.6. The molecule has 15 heteroatoms. The van der Waals surface area contributed by atoms with E-state index < -0.39 is 62.9 Å². The number of amides is 1. The summed E-state index contributed by atoms with van der Waals surface area (Å²) in [4.78, 5) is 25.0. The van der Waals surface area contributed by atoms with Gasteiger partial charge in [-0.25, -0.2) is 0 Å². The first-order valence-electron chi connectivity index (χ1n) is 9.39. The van der Waals surface area contributed by atoms with Crippen molar-refractivity contribution in [3.05, 3.63) is 27.3 Å². The molecule has 0 bridgehead atoms. The number of esters is 1. The van der Waals surface area contributed by atoms with Gasteiger partial charge in [0.05, 0.1) is 11.5 Å². The molecular formula is C18H18F6INO6S. The van der Waals surface area contributed by atoms with E-state index in [0.717, 1.165) is 31.4 Å². The van der Waals surface area contributed by atoms with Gasteiger partial charge in [0.15, 0.2) is 0 Å². The van der Waals surface area contributed by atoms with Gasteiger partial charge in [-0.3, -0.25) is 14.1 Å². The average Bonchev–Trinajstić information content (AvgIpc) is 2.65. The van der Waals surface area contributed by atoms with Gasteiger partial charge < -0.3 is 10.1 Å². The Balaban J connectivity index is 2.47. The number of carbonyl (C=O) groups is 2. The summed E-state index contributed by atoms with van der Waals surface area (Å²) >= 11 is 1.72. The van der Waals surface area contributed by atoms with Gasteiger partial charge in [-0.1, -0.05) is 19.3 Å². The first-order valence-corrected chi connectivity index (χ1v) is 12.1. The standard InChI is InChI=1S/C18H18F6INO6S/c19-17(20,21)16(18(22,23)24,9-33(29,30)31)26-14(27)12-7-6-11(25)8-13(12)32-15(28)10-4-2-1-3-5-10/h6-8,10H,1-5,9H2,(H,26,27)(H,29,30,31). The third-order valence-electron chi connectivity index (χ3n) is 5.03. The number of nitrogens with one attached hydrogen (secondary N) is 1. The highest BCUT2D eigenvalue weighted by Gasteiger charge is 2.73. The quantitative estimate of drug-likeness (QED) is 0.163. The first kappa shape index (κ1) is 27.6. The van der Waals surface area contributed by atoms with Crippen LogP contribution in [0.3, 0.4) is 0 Å². The predicted molar refractivity (Wildman–Crippen MR) is 110 cm³/mol. The summed E-state index contributed by atoms with van der Waals surface area (Å²) in [6.45, 7) is 0. The Kier molecular flexibility index (Phi) is 8.32. The molecule has 1 aromatic carbocycles. The molecule has 7 nitrogen and oxygen atoms in total. The van der Waals surface area contributed by atoms with E-state index in [4.69, 9.17) is 9.29 Å². The van der Waals surface area contributed by atoms with Crippen LogP contribution in [0, 0.1) is 9.49 Å². The van der Waals surface area contributed by atoms with E-state index in [1.54, 1.807) is 22.6 Å². The number of halogens is 7. The van der Waals surface area contributed by atoms with Crippen molar-refractivity contribution >= 4 is 44.6 Å². The maximum atomic E-state index is 13.5. The lowest BCUT2D eigenvalue weighted by atomic mass is 9.89. The molecule has 0 aliphatic heterocycles. The van der Waals surface area contributed by atoms with Crippen LogP contribution in [-0.4, -0.2) is 48.5 Å². The fourth-order valence-corrected chi connectivity index (χ4v) is 4.74. The Labute approximate surface area is 198 Å². The Hall–Kier alpha value is -1.62. The van der Waals surface area contributed by atoms with Gasteiger partial charge in [-0.15, -0.1) is 0 Å². The predicted octanol–water partition coefficient (Wildman–Crippen LogP) is 4.26. The molecule has 1 aliphatic rings. The molecule has 0 spiro atoms. The van der Waals surface area contributed by atoms with E-state index in [1.165, 1.54) is 6.07 Å². The van der Waals surface area contributed by atoms with E-state index >= 15 is 0 Å². The van der Waals surface area contributed by atoms with Crippen molar-refractivity contribution in [3.8, 4) is 5.75 Å². The lowest BCUT2D eigenvalue weighted by molar-refractivity contribution is -0.296. The number of carbonyl (C=O) groups excluding carboxylic acids is 2. The van der Waals surface area contributed by atoms with Gasteiger partial charge in [-0.2, -0.15) is 34.8 Å². The van der Waals surface area contributed by atoms with Crippen molar-refractivity contribution in [2.45, 2.75) is 50.0 Å². The average molecular weight is 617 g/mol. The molecular weight excluding hydrogens is 599 g/mol. The summed E-state index contributed by atoms with van der Waals surface area (Å²) in [5.41, 5.74) is -6.18. The lowest BCUT2D eigenvalue weighted by Crippen LogP contribution is -2.70. The monoisotopic (exact) mass is 617 g/mol. The van der Waals surface area contributed by atoms with E-state index in [9.17, 15) is 44.3 Å². The summed E-state index contributed by atoms with van der Waals surface area (Å²) in [6, 6.07) is 3.08. The maximum absolute atomic E-state index is 13.5. The van der Waals surface area contributed by atoms with E-state index in [-0.39, 0.29) is 0 Å². The molecule has 0 heterocycles. The zero-order valence-electron chi connectivity index (χ0n) is 16.6. The number of benzene rings is 1. The van der Waals surface area contributed by atoms with Crippen molar-refractivity contribution in [2.75, 3.05) is 5.75 Å². The van der Waals surface area contributed by atoms with Gasteiger partial charge in [-0.05, 0) is 53.6 Å². The molecule has 33 heavy (non-hydrogen) atoms. The fourth-order valence-electron chi connectivity index (χ4n) is 3.34. The molecule has 0 atom stereocenters. The van der Waals surface area contributed by atoms with Crippen molar-refractivity contribution < 1.29 is 53.6 Å². The van der Waals surface area contributed by atoms with Crippen LogP contribution < -0.4 is 10.1 Å². The highest BCUT2D eigenvalue weighted by Crippen LogP contribution is 2.44. The molecule has 1 aromatic rings. The van der Waals surface area contributed by atoms with E-state index in [2.05, 4.69) is 0 Å². The minimum absolute atomic E-state index is 0.353. The van der Waals surface area contributed by atoms with Crippen molar-refractivity contribution in [1.29, 1.82) is 0 Å². The number of rotatable bonds is 6. The molecule has 2 N–H and O–H groups in total. The topological polar surface area (TPSA) is 110 Å². The molecule has 0 aromatic heterocycles. The van der Waals surface area contributed by atoms with Crippen molar-refractivity contribution in [1.82, 2.24) is 5.32 Å². The normalized spacial score (nSPS) is 16.4. The molecule has 1 saturated carbocycles. The second kappa shape index (κ2) is 9.93. The Bertz CT molecular complexity index is 991. The van der Waals surface area contributed by atoms with Crippen LogP contribution in [0.2, 0.25) is 0 Å². The molecule has 0 saturated heterocycles. The van der Waals surface area contributed by atoms with Crippen LogP contribution >= 0.6 is 22.6 Å². The molecule has 0 radical (unpaired) electrons. The zero-order chi connectivity index (χ0) is 25.2.